The summed E-state index contributed by atoms with van der Waals surface area (Å²) in [6, 6.07) is 15.1. The van der Waals surface area contributed by atoms with Gasteiger partial charge < -0.3 is 10.6 Å². The van der Waals surface area contributed by atoms with Crippen LogP contribution in [0.4, 0.5) is 10.5 Å². The van der Waals surface area contributed by atoms with E-state index in [0.29, 0.717) is 5.02 Å². The van der Waals surface area contributed by atoms with Gasteiger partial charge in [0, 0.05) is 21.4 Å². The number of para-hydroxylation sites is 1. The summed E-state index contributed by atoms with van der Waals surface area (Å²) in [5.41, 5.74) is 1.88. The van der Waals surface area contributed by atoms with E-state index in [4.69, 9.17) is 11.6 Å². The molecule has 3 nitrogen and oxygen atoms in total. The van der Waals surface area contributed by atoms with Gasteiger partial charge in [0.1, 0.15) is 0 Å². The molecule has 2 aromatic carbocycles. The predicted molar refractivity (Wildman–Crippen MR) is 88.1 cm³/mol. The molecule has 1 aliphatic rings. The Morgan fingerprint density at radius 3 is 2.81 bits per heavy atom. The molecule has 5 heteroatoms. The highest BCUT2D eigenvalue weighted by Crippen LogP contribution is 2.37. The number of hydrogen-bond donors (Lipinski definition) is 2. The molecule has 2 amide bonds. The molecule has 0 saturated carbocycles. The molecule has 2 aromatic rings. The number of rotatable bonds is 2. The number of halogens is 1. The van der Waals surface area contributed by atoms with Crippen LogP contribution >= 0.6 is 23.4 Å². The van der Waals surface area contributed by atoms with Crippen molar-refractivity contribution < 1.29 is 4.79 Å². The van der Waals surface area contributed by atoms with E-state index in [1.807, 2.05) is 48.5 Å². The molecule has 0 bridgehead atoms. The van der Waals surface area contributed by atoms with E-state index in [1.165, 1.54) is 4.90 Å². The van der Waals surface area contributed by atoms with Crippen LogP contribution in [0.1, 0.15) is 18.0 Å². The average Bonchev–Trinajstić information content (AvgIpc) is 2.49. The second kappa shape index (κ2) is 6.41. The van der Waals surface area contributed by atoms with Crippen LogP contribution < -0.4 is 10.6 Å². The molecule has 3 rings (SSSR count). The molecule has 1 atom stereocenters. The quantitative estimate of drug-likeness (QED) is 0.842. The van der Waals surface area contributed by atoms with E-state index in [0.717, 1.165) is 23.4 Å². The van der Waals surface area contributed by atoms with Crippen molar-refractivity contribution >= 4 is 35.1 Å². The Morgan fingerprint density at radius 1 is 1.19 bits per heavy atom. The van der Waals surface area contributed by atoms with E-state index in [2.05, 4.69) is 10.6 Å². The van der Waals surface area contributed by atoms with E-state index in [9.17, 15) is 4.79 Å². The van der Waals surface area contributed by atoms with Crippen molar-refractivity contribution in [3.63, 3.8) is 0 Å². The molecule has 0 aliphatic carbocycles. The van der Waals surface area contributed by atoms with Crippen LogP contribution in [0.15, 0.2) is 53.4 Å². The molecular formula is C16H15ClN2OS. The second-order valence-corrected chi connectivity index (χ2v) is 6.41. The molecule has 0 fully saturated rings. The van der Waals surface area contributed by atoms with Crippen LogP contribution in [0.25, 0.3) is 0 Å². The van der Waals surface area contributed by atoms with Crippen LogP contribution in [0.2, 0.25) is 5.02 Å². The number of nitrogens with one attached hydrogen (secondary N) is 2. The van der Waals surface area contributed by atoms with E-state index in [-0.39, 0.29) is 12.1 Å². The number of urea groups is 1. The van der Waals surface area contributed by atoms with Crippen LogP contribution in [0.5, 0.6) is 0 Å². The van der Waals surface area contributed by atoms with Crippen molar-refractivity contribution in [1.29, 1.82) is 0 Å². The third-order valence-corrected chi connectivity index (χ3v) is 4.71. The van der Waals surface area contributed by atoms with Gasteiger partial charge in [0.2, 0.25) is 0 Å². The van der Waals surface area contributed by atoms with Crippen LogP contribution in [-0.2, 0) is 0 Å². The first-order valence-corrected chi connectivity index (χ1v) is 8.13. The summed E-state index contributed by atoms with van der Waals surface area (Å²) in [6.07, 6.45) is 0.903. The molecule has 1 aliphatic heterocycles. The van der Waals surface area contributed by atoms with Gasteiger partial charge in [0.25, 0.3) is 0 Å². The van der Waals surface area contributed by atoms with Crippen molar-refractivity contribution in [2.45, 2.75) is 17.4 Å². The lowest BCUT2D eigenvalue weighted by Crippen LogP contribution is -2.34. The van der Waals surface area contributed by atoms with Crippen LogP contribution in [-0.4, -0.2) is 11.8 Å². The third kappa shape index (κ3) is 3.52. The van der Waals surface area contributed by atoms with Crippen molar-refractivity contribution in [2.75, 3.05) is 11.1 Å². The summed E-state index contributed by atoms with van der Waals surface area (Å²) in [7, 11) is 0. The van der Waals surface area contributed by atoms with Gasteiger partial charge in [0.15, 0.2) is 0 Å². The molecule has 0 saturated heterocycles. The van der Waals surface area contributed by atoms with E-state index < -0.39 is 0 Å². The minimum atomic E-state index is -0.191. The molecule has 0 radical (unpaired) electrons. The molecule has 1 heterocycles. The van der Waals surface area contributed by atoms with Crippen molar-refractivity contribution in [2.24, 2.45) is 0 Å². The first-order chi connectivity index (χ1) is 10.2. The van der Waals surface area contributed by atoms with Gasteiger partial charge in [-0.05, 0) is 42.3 Å². The van der Waals surface area contributed by atoms with E-state index in [1.54, 1.807) is 11.8 Å². The highest BCUT2D eigenvalue weighted by molar-refractivity contribution is 7.99. The van der Waals surface area contributed by atoms with Crippen molar-refractivity contribution in [3.05, 3.63) is 59.1 Å². The number of thioether (sulfide) groups is 1. The fourth-order valence-corrected chi connectivity index (χ4v) is 3.65. The average molecular weight is 319 g/mol. The highest BCUT2D eigenvalue weighted by atomic mass is 35.5. The molecule has 21 heavy (non-hydrogen) atoms. The Hall–Kier alpha value is -1.65. The summed E-state index contributed by atoms with van der Waals surface area (Å²) in [6.45, 7) is 0. The number of amides is 2. The monoisotopic (exact) mass is 318 g/mol. The number of benzene rings is 2. The Balaban J connectivity index is 1.71. The Kier molecular flexibility index (Phi) is 4.36. The fraction of sp³-hybridized carbons (Fsp3) is 0.188. The second-order valence-electron chi connectivity index (χ2n) is 4.84. The summed E-state index contributed by atoms with van der Waals surface area (Å²) >= 11 is 7.87. The molecule has 0 spiro atoms. The molecular weight excluding hydrogens is 304 g/mol. The first-order valence-electron chi connectivity index (χ1n) is 6.77. The zero-order chi connectivity index (χ0) is 14.7. The first kappa shape index (κ1) is 14.3. The third-order valence-electron chi connectivity index (χ3n) is 3.35. The fourth-order valence-electron chi connectivity index (χ4n) is 2.36. The van der Waals surface area contributed by atoms with Gasteiger partial charge in [-0.1, -0.05) is 29.8 Å². The highest BCUT2D eigenvalue weighted by Gasteiger charge is 2.22. The Morgan fingerprint density at radius 2 is 2.00 bits per heavy atom. The van der Waals surface area contributed by atoms with Gasteiger partial charge in [-0.2, -0.15) is 0 Å². The molecule has 2 N–H and O–H groups in total. The maximum Gasteiger partial charge on any atom is 0.319 e. The number of carbonyl (C=O) groups excluding carboxylic acids is 1. The lowest BCUT2D eigenvalue weighted by atomic mass is 10.0. The van der Waals surface area contributed by atoms with E-state index >= 15 is 0 Å². The Labute approximate surface area is 133 Å². The van der Waals surface area contributed by atoms with Crippen LogP contribution in [0.3, 0.4) is 0 Å². The standard InChI is InChI=1S/C16H15ClN2OS/c17-11-6-7-15-13(10-11)14(8-9-21-15)19-16(20)18-12-4-2-1-3-5-12/h1-7,10,14H,8-9H2,(H2,18,19,20)/t14-/m1/s1. The largest absolute Gasteiger partial charge is 0.331 e. The van der Waals surface area contributed by atoms with Crippen molar-refractivity contribution in [1.82, 2.24) is 5.32 Å². The summed E-state index contributed by atoms with van der Waals surface area (Å²) in [5.74, 6) is 0.991. The molecule has 108 valence electrons. The normalized spacial score (nSPS) is 16.9. The minimum absolute atomic E-state index is 0.00339. The summed E-state index contributed by atoms with van der Waals surface area (Å²) in [4.78, 5) is 13.3. The summed E-state index contributed by atoms with van der Waals surface area (Å²) < 4.78 is 0. The predicted octanol–water partition coefficient (Wildman–Crippen LogP) is 4.70. The minimum Gasteiger partial charge on any atom is -0.331 e. The number of fused-ring (bicyclic) bond motifs is 1. The zero-order valence-corrected chi connectivity index (χ0v) is 12.9. The van der Waals surface area contributed by atoms with Gasteiger partial charge in [0.05, 0.1) is 6.04 Å². The number of hydrogen-bond acceptors (Lipinski definition) is 2. The smallest absolute Gasteiger partial charge is 0.319 e. The number of anilines is 1. The van der Waals surface area contributed by atoms with Gasteiger partial charge >= 0.3 is 6.03 Å². The SMILES string of the molecule is O=C(Nc1ccccc1)N[C@@H]1CCSc2ccc(Cl)cc21. The number of carbonyl (C=O) groups is 1. The molecule has 0 aromatic heterocycles. The maximum absolute atomic E-state index is 12.1. The maximum atomic E-state index is 12.1. The molecule has 0 unspecified atom stereocenters. The van der Waals surface area contributed by atoms with Gasteiger partial charge in [-0.15, -0.1) is 11.8 Å². The van der Waals surface area contributed by atoms with Crippen LogP contribution in [0, 0.1) is 0 Å². The van der Waals surface area contributed by atoms with Gasteiger partial charge in [-0.3, -0.25) is 0 Å². The zero-order valence-electron chi connectivity index (χ0n) is 11.3. The topological polar surface area (TPSA) is 41.1 Å². The lowest BCUT2D eigenvalue weighted by molar-refractivity contribution is 0.248. The van der Waals surface area contributed by atoms with Gasteiger partial charge in [-0.25, -0.2) is 4.79 Å². The summed E-state index contributed by atoms with van der Waals surface area (Å²) in [5, 5.41) is 6.57. The Bertz CT molecular complexity index is 648. The van der Waals surface area contributed by atoms with Crippen molar-refractivity contribution in [3.8, 4) is 0 Å². The lowest BCUT2D eigenvalue weighted by Gasteiger charge is -2.26.